The van der Waals surface area contributed by atoms with E-state index < -0.39 is 5.60 Å². The molecule has 0 spiro atoms. The third kappa shape index (κ3) is 1.98. The molecular weight excluding hydrogens is 250 g/mol. The maximum absolute atomic E-state index is 11.1. The van der Waals surface area contributed by atoms with Gasteiger partial charge in [0.2, 0.25) is 0 Å². The molecule has 1 N–H and O–H groups in total. The summed E-state index contributed by atoms with van der Waals surface area (Å²) in [5, 5.41) is 11.1. The van der Waals surface area contributed by atoms with Crippen molar-refractivity contribution in [1.82, 2.24) is 4.98 Å². The number of pyridine rings is 1. The van der Waals surface area contributed by atoms with Crippen molar-refractivity contribution < 1.29 is 9.84 Å². The summed E-state index contributed by atoms with van der Waals surface area (Å²) in [6.07, 6.45) is 3.69. The number of aromatic nitrogens is 1. The Labute approximate surface area is 119 Å². The Hall–Kier alpha value is -1.87. The first kappa shape index (κ1) is 13.1. The van der Waals surface area contributed by atoms with E-state index in [9.17, 15) is 5.11 Å². The fraction of sp³-hybridized carbons (Fsp3) is 0.353. The highest BCUT2D eigenvalue weighted by Gasteiger charge is 2.41. The first-order valence-corrected chi connectivity index (χ1v) is 6.94. The Morgan fingerprint density at radius 3 is 2.85 bits per heavy atom. The highest BCUT2D eigenvalue weighted by molar-refractivity contribution is 5.42. The maximum atomic E-state index is 11.1. The molecule has 104 valence electrons. The number of aliphatic hydroxyl groups is 1. The molecule has 0 bridgehead atoms. The van der Waals surface area contributed by atoms with E-state index in [0.717, 1.165) is 29.8 Å². The Morgan fingerprint density at radius 2 is 2.05 bits per heavy atom. The van der Waals surface area contributed by atoms with Gasteiger partial charge in [0.1, 0.15) is 5.75 Å². The summed E-state index contributed by atoms with van der Waals surface area (Å²) >= 11 is 0. The number of fused-ring (bicyclic) bond motifs is 1. The number of nitrogens with zero attached hydrogens (tertiary/aromatic N) is 1. The van der Waals surface area contributed by atoms with Crippen molar-refractivity contribution in [2.75, 3.05) is 7.11 Å². The van der Waals surface area contributed by atoms with Gasteiger partial charge in [-0.1, -0.05) is 24.3 Å². The molecule has 2 aromatic rings. The van der Waals surface area contributed by atoms with E-state index in [1.165, 1.54) is 5.56 Å². The number of para-hydroxylation sites is 1. The third-order valence-electron chi connectivity index (χ3n) is 4.29. The fourth-order valence-corrected chi connectivity index (χ4v) is 3.21. The van der Waals surface area contributed by atoms with Crippen LogP contribution in [-0.4, -0.2) is 17.2 Å². The third-order valence-corrected chi connectivity index (χ3v) is 4.29. The van der Waals surface area contributed by atoms with Gasteiger partial charge in [-0.25, -0.2) is 0 Å². The van der Waals surface area contributed by atoms with E-state index in [1.54, 1.807) is 13.3 Å². The van der Waals surface area contributed by atoms with Crippen molar-refractivity contribution in [3.63, 3.8) is 0 Å². The molecule has 20 heavy (non-hydrogen) atoms. The molecule has 0 radical (unpaired) electrons. The van der Waals surface area contributed by atoms with Crippen LogP contribution in [0.15, 0.2) is 42.6 Å². The minimum absolute atomic E-state index is 0.00926. The van der Waals surface area contributed by atoms with Gasteiger partial charge in [-0.2, -0.15) is 0 Å². The van der Waals surface area contributed by atoms with Crippen LogP contribution in [-0.2, 0) is 12.0 Å². The van der Waals surface area contributed by atoms with Crippen molar-refractivity contribution in [3.05, 3.63) is 59.4 Å². The van der Waals surface area contributed by atoms with Crippen LogP contribution < -0.4 is 4.74 Å². The monoisotopic (exact) mass is 269 g/mol. The largest absolute Gasteiger partial charge is 0.496 e. The van der Waals surface area contributed by atoms with Gasteiger partial charge in [-0.05, 0) is 37.5 Å². The lowest BCUT2D eigenvalue weighted by atomic mass is 9.80. The van der Waals surface area contributed by atoms with Crippen molar-refractivity contribution in [2.45, 2.75) is 31.3 Å². The Bertz CT molecular complexity index is 622. The molecule has 3 rings (SSSR count). The van der Waals surface area contributed by atoms with Gasteiger partial charge < -0.3 is 9.84 Å². The van der Waals surface area contributed by atoms with E-state index in [1.807, 2.05) is 37.3 Å². The molecular formula is C17H19NO2. The zero-order valence-corrected chi connectivity index (χ0v) is 11.8. The smallest absolute Gasteiger partial charge is 0.124 e. The van der Waals surface area contributed by atoms with Gasteiger partial charge in [0.15, 0.2) is 0 Å². The molecule has 1 aliphatic carbocycles. The number of ether oxygens (including phenoxy) is 1. The Balaban J connectivity index is 2.05. The number of hydrogen-bond acceptors (Lipinski definition) is 3. The minimum atomic E-state index is -0.980. The molecule has 3 nitrogen and oxygen atoms in total. The fourth-order valence-electron chi connectivity index (χ4n) is 3.21. The van der Waals surface area contributed by atoms with Crippen molar-refractivity contribution >= 4 is 0 Å². The summed E-state index contributed by atoms with van der Waals surface area (Å²) in [6, 6.07) is 11.7. The average Bonchev–Trinajstić information content (AvgIpc) is 2.92. The van der Waals surface area contributed by atoms with Crippen LogP contribution in [0.3, 0.4) is 0 Å². The lowest BCUT2D eigenvalue weighted by Crippen LogP contribution is -2.30. The molecule has 1 aromatic carbocycles. The second-order valence-corrected chi connectivity index (χ2v) is 5.49. The van der Waals surface area contributed by atoms with Crippen LogP contribution in [0.25, 0.3) is 0 Å². The van der Waals surface area contributed by atoms with Gasteiger partial charge in [-0.3, -0.25) is 4.98 Å². The second kappa shape index (κ2) is 4.91. The van der Waals surface area contributed by atoms with Crippen molar-refractivity contribution in [1.29, 1.82) is 0 Å². The number of hydrogen-bond donors (Lipinski definition) is 1. The van der Waals surface area contributed by atoms with Gasteiger partial charge in [0.05, 0.1) is 12.7 Å². The second-order valence-electron chi connectivity index (χ2n) is 5.49. The van der Waals surface area contributed by atoms with Gasteiger partial charge >= 0.3 is 0 Å². The molecule has 0 amide bonds. The first-order chi connectivity index (χ1) is 9.64. The van der Waals surface area contributed by atoms with Crippen LogP contribution in [0.5, 0.6) is 5.75 Å². The Kier molecular flexibility index (Phi) is 3.22. The maximum Gasteiger partial charge on any atom is 0.124 e. The van der Waals surface area contributed by atoms with Gasteiger partial charge in [0, 0.05) is 23.4 Å². The predicted molar refractivity (Wildman–Crippen MR) is 77.9 cm³/mol. The van der Waals surface area contributed by atoms with Crippen LogP contribution >= 0.6 is 0 Å². The zero-order chi connectivity index (χ0) is 14.2. The average molecular weight is 269 g/mol. The zero-order valence-electron chi connectivity index (χ0n) is 11.8. The minimum Gasteiger partial charge on any atom is -0.496 e. The van der Waals surface area contributed by atoms with Crippen LogP contribution in [0.2, 0.25) is 0 Å². The van der Waals surface area contributed by atoms with E-state index in [-0.39, 0.29) is 5.92 Å². The van der Waals surface area contributed by atoms with Gasteiger partial charge in [-0.15, -0.1) is 0 Å². The molecule has 0 aliphatic heterocycles. The topological polar surface area (TPSA) is 42.4 Å². The molecule has 3 heteroatoms. The number of rotatable bonds is 3. The Morgan fingerprint density at radius 1 is 1.25 bits per heavy atom. The highest BCUT2D eigenvalue weighted by atomic mass is 16.5. The number of benzene rings is 1. The summed E-state index contributed by atoms with van der Waals surface area (Å²) in [7, 11) is 1.63. The summed E-state index contributed by atoms with van der Waals surface area (Å²) < 4.78 is 5.40. The van der Waals surface area contributed by atoms with Crippen LogP contribution in [0.1, 0.15) is 36.1 Å². The molecule has 2 unspecified atom stereocenters. The normalized spacial score (nSPS) is 20.2. The number of aryl methyl sites for hydroxylation is 1. The van der Waals surface area contributed by atoms with E-state index in [2.05, 4.69) is 11.1 Å². The van der Waals surface area contributed by atoms with Crippen molar-refractivity contribution in [3.8, 4) is 5.75 Å². The first-order valence-electron chi connectivity index (χ1n) is 6.94. The van der Waals surface area contributed by atoms with E-state index in [0.29, 0.717) is 0 Å². The van der Waals surface area contributed by atoms with Crippen LogP contribution in [0.4, 0.5) is 0 Å². The summed E-state index contributed by atoms with van der Waals surface area (Å²) in [4.78, 5) is 4.49. The lowest BCUT2D eigenvalue weighted by Gasteiger charge is -2.31. The molecule has 0 fully saturated rings. The van der Waals surface area contributed by atoms with E-state index >= 15 is 0 Å². The summed E-state index contributed by atoms with van der Waals surface area (Å²) in [5.74, 6) is 0.733. The molecule has 0 saturated heterocycles. The summed E-state index contributed by atoms with van der Waals surface area (Å²) in [5.41, 5.74) is 2.11. The van der Waals surface area contributed by atoms with E-state index in [4.69, 9.17) is 4.74 Å². The number of methoxy groups -OCH3 is 1. The van der Waals surface area contributed by atoms with Gasteiger partial charge in [0.25, 0.3) is 0 Å². The molecule has 1 aliphatic rings. The molecule has 0 saturated carbocycles. The molecule has 2 atom stereocenters. The highest BCUT2D eigenvalue weighted by Crippen LogP contribution is 2.46. The quantitative estimate of drug-likeness (QED) is 0.931. The lowest BCUT2D eigenvalue weighted by molar-refractivity contribution is 0.0234. The van der Waals surface area contributed by atoms with Crippen molar-refractivity contribution in [2.24, 2.45) is 0 Å². The predicted octanol–water partition coefficient (Wildman–Crippen LogP) is 3.03. The summed E-state index contributed by atoms with van der Waals surface area (Å²) in [6.45, 7) is 1.86. The SMILES string of the molecule is COc1ccccc1C(C)(O)C1CCc2cccnc21. The molecule has 1 aromatic heterocycles. The van der Waals surface area contributed by atoms with Crippen LogP contribution in [0, 0.1) is 0 Å². The standard InChI is InChI=1S/C17H19NO2/c1-17(19,13-7-3-4-8-15(13)20-2)14-10-9-12-6-5-11-18-16(12)14/h3-8,11,14,19H,9-10H2,1-2H3. The molecule has 1 heterocycles.